The van der Waals surface area contributed by atoms with Crippen molar-refractivity contribution in [1.82, 2.24) is 20.0 Å². The number of likely N-dealkylation sites (tertiary alicyclic amines) is 1. The molecule has 2 amide bonds. The van der Waals surface area contributed by atoms with Crippen molar-refractivity contribution in [2.45, 2.75) is 45.2 Å². The van der Waals surface area contributed by atoms with E-state index in [-0.39, 0.29) is 23.9 Å². The van der Waals surface area contributed by atoms with Crippen LogP contribution in [0.4, 0.5) is 0 Å². The highest BCUT2D eigenvalue weighted by atomic mass is 16.2. The van der Waals surface area contributed by atoms with Gasteiger partial charge in [0.2, 0.25) is 11.8 Å². The Morgan fingerprint density at radius 2 is 2.20 bits per heavy atom. The summed E-state index contributed by atoms with van der Waals surface area (Å²) in [6.45, 7) is 4.66. The Hall–Kier alpha value is -1.85. The predicted octanol–water partition coefficient (Wildman–Crippen LogP) is 0.0688. The second-order valence-electron chi connectivity index (χ2n) is 5.78. The molecular formula is C14H20N4O2. The average Bonchev–Trinajstić information content (AvgIpc) is 3.02. The highest BCUT2D eigenvalue weighted by molar-refractivity contribution is 5.91. The van der Waals surface area contributed by atoms with E-state index in [1.165, 1.54) is 0 Å². The zero-order chi connectivity index (χ0) is 14.4. The summed E-state index contributed by atoms with van der Waals surface area (Å²) in [6.07, 6.45) is 1.92. The molecule has 108 valence electrons. The SMILES string of the molecule is Cc1nn(C)c(C)c1CCC(=O)N1C[C@@H]2C[C@H]1C(=O)N2. The van der Waals surface area contributed by atoms with Gasteiger partial charge in [-0.15, -0.1) is 0 Å². The Labute approximate surface area is 118 Å². The lowest BCUT2D eigenvalue weighted by atomic mass is 10.1. The van der Waals surface area contributed by atoms with E-state index >= 15 is 0 Å². The molecule has 2 aliphatic heterocycles. The second-order valence-corrected chi connectivity index (χ2v) is 5.78. The number of aryl methyl sites for hydroxylation is 2. The van der Waals surface area contributed by atoms with Gasteiger partial charge in [-0.2, -0.15) is 5.10 Å². The van der Waals surface area contributed by atoms with Crippen LogP contribution in [0.5, 0.6) is 0 Å². The Bertz CT molecular complexity index is 578. The summed E-state index contributed by atoms with van der Waals surface area (Å²) in [7, 11) is 1.91. The third-order valence-corrected chi connectivity index (χ3v) is 4.52. The number of carbonyl (C=O) groups excluding carboxylic acids is 2. The summed E-state index contributed by atoms with van der Waals surface area (Å²) < 4.78 is 1.85. The van der Waals surface area contributed by atoms with Crippen molar-refractivity contribution >= 4 is 11.8 Å². The summed E-state index contributed by atoms with van der Waals surface area (Å²) in [5.74, 6) is 0.0818. The first kappa shape index (κ1) is 13.1. The van der Waals surface area contributed by atoms with Crippen LogP contribution < -0.4 is 5.32 Å². The van der Waals surface area contributed by atoms with Crippen LogP contribution >= 0.6 is 0 Å². The van der Waals surface area contributed by atoms with Gasteiger partial charge in [0, 0.05) is 31.7 Å². The molecule has 2 saturated heterocycles. The number of hydrogen-bond donors (Lipinski definition) is 1. The molecule has 3 heterocycles. The van der Waals surface area contributed by atoms with E-state index in [0.717, 1.165) is 23.4 Å². The van der Waals surface area contributed by atoms with Crippen molar-refractivity contribution < 1.29 is 9.59 Å². The smallest absolute Gasteiger partial charge is 0.243 e. The predicted molar refractivity (Wildman–Crippen MR) is 73.1 cm³/mol. The summed E-state index contributed by atoms with van der Waals surface area (Å²) >= 11 is 0. The highest BCUT2D eigenvalue weighted by Gasteiger charge is 2.45. The molecule has 1 N–H and O–H groups in total. The molecule has 0 unspecified atom stereocenters. The zero-order valence-electron chi connectivity index (χ0n) is 12.1. The maximum atomic E-state index is 12.3. The van der Waals surface area contributed by atoms with Crippen LogP contribution in [0.15, 0.2) is 0 Å². The largest absolute Gasteiger partial charge is 0.350 e. The highest BCUT2D eigenvalue weighted by Crippen LogP contribution is 2.25. The fourth-order valence-electron chi connectivity index (χ4n) is 3.32. The number of nitrogens with zero attached hydrogens (tertiary/aromatic N) is 3. The molecule has 0 saturated carbocycles. The molecule has 2 bridgehead atoms. The summed E-state index contributed by atoms with van der Waals surface area (Å²) in [4.78, 5) is 25.7. The lowest BCUT2D eigenvalue weighted by Crippen LogP contribution is -2.50. The van der Waals surface area contributed by atoms with Gasteiger partial charge in [-0.05, 0) is 32.3 Å². The first-order valence-electron chi connectivity index (χ1n) is 7.06. The van der Waals surface area contributed by atoms with Gasteiger partial charge in [-0.1, -0.05) is 0 Å². The number of amides is 2. The first-order chi connectivity index (χ1) is 9.47. The number of piperazine rings is 1. The van der Waals surface area contributed by atoms with Gasteiger partial charge in [-0.25, -0.2) is 0 Å². The molecule has 1 aromatic heterocycles. The van der Waals surface area contributed by atoms with Crippen LogP contribution in [0.2, 0.25) is 0 Å². The molecule has 3 rings (SSSR count). The first-order valence-corrected chi connectivity index (χ1v) is 7.06. The fourth-order valence-corrected chi connectivity index (χ4v) is 3.32. The fraction of sp³-hybridized carbons (Fsp3) is 0.643. The van der Waals surface area contributed by atoms with E-state index in [1.54, 1.807) is 4.90 Å². The summed E-state index contributed by atoms with van der Waals surface area (Å²) in [5, 5.41) is 7.25. The van der Waals surface area contributed by atoms with Crippen molar-refractivity contribution in [3.05, 3.63) is 17.0 Å². The molecule has 2 aliphatic rings. The van der Waals surface area contributed by atoms with Crippen LogP contribution in [-0.2, 0) is 23.1 Å². The Kier molecular flexibility index (Phi) is 3.03. The quantitative estimate of drug-likeness (QED) is 0.849. The minimum atomic E-state index is -0.233. The van der Waals surface area contributed by atoms with Crippen LogP contribution in [0.3, 0.4) is 0 Å². The zero-order valence-corrected chi connectivity index (χ0v) is 12.1. The third-order valence-electron chi connectivity index (χ3n) is 4.52. The van der Waals surface area contributed by atoms with E-state index in [4.69, 9.17) is 0 Å². The summed E-state index contributed by atoms with van der Waals surface area (Å²) in [5.41, 5.74) is 3.24. The van der Waals surface area contributed by atoms with Gasteiger partial charge in [0.25, 0.3) is 0 Å². The minimum Gasteiger partial charge on any atom is -0.350 e. The Morgan fingerprint density at radius 1 is 1.45 bits per heavy atom. The van der Waals surface area contributed by atoms with Crippen LogP contribution in [-0.4, -0.2) is 45.1 Å². The van der Waals surface area contributed by atoms with Gasteiger partial charge in [0.15, 0.2) is 0 Å². The van der Waals surface area contributed by atoms with Gasteiger partial charge < -0.3 is 10.2 Å². The molecule has 0 radical (unpaired) electrons. The maximum Gasteiger partial charge on any atom is 0.243 e. The number of hydrogen-bond acceptors (Lipinski definition) is 3. The number of carbonyl (C=O) groups is 2. The van der Waals surface area contributed by atoms with Crippen LogP contribution in [0.25, 0.3) is 0 Å². The molecule has 0 aliphatic carbocycles. The van der Waals surface area contributed by atoms with Crippen molar-refractivity contribution in [3.63, 3.8) is 0 Å². The monoisotopic (exact) mass is 276 g/mol. The maximum absolute atomic E-state index is 12.3. The van der Waals surface area contributed by atoms with Crippen molar-refractivity contribution in [3.8, 4) is 0 Å². The van der Waals surface area contributed by atoms with E-state index in [9.17, 15) is 9.59 Å². The van der Waals surface area contributed by atoms with E-state index in [2.05, 4.69) is 10.4 Å². The Balaban J connectivity index is 1.64. The molecule has 0 aromatic carbocycles. The van der Waals surface area contributed by atoms with Gasteiger partial charge in [0.05, 0.1) is 5.69 Å². The number of nitrogens with one attached hydrogen (secondary N) is 1. The van der Waals surface area contributed by atoms with Gasteiger partial charge in [0.1, 0.15) is 6.04 Å². The third kappa shape index (κ3) is 1.99. The van der Waals surface area contributed by atoms with Crippen LogP contribution in [0, 0.1) is 13.8 Å². The Morgan fingerprint density at radius 3 is 2.75 bits per heavy atom. The van der Waals surface area contributed by atoms with E-state index in [1.807, 2.05) is 25.6 Å². The summed E-state index contributed by atoms with van der Waals surface area (Å²) in [6, 6.07) is -0.0677. The van der Waals surface area contributed by atoms with Crippen LogP contribution in [0.1, 0.15) is 29.8 Å². The number of rotatable bonds is 3. The average molecular weight is 276 g/mol. The normalized spacial score (nSPS) is 24.4. The number of aromatic nitrogens is 2. The minimum absolute atomic E-state index is 0.00309. The van der Waals surface area contributed by atoms with E-state index in [0.29, 0.717) is 19.4 Å². The lowest BCUT2D eigenvalue weighted by molar-refractivity contribution is -0.139. The standard InChI is InChI=1S/C14H20N4O2/c1-8-11(9(2)17(3)16-8)4-5-13(19)18-7-10-6-12(18)14(20)15-10/h10,12H,4-7H2,1-3H3,(H,15,20)/t10-,12-/m0/s1. The second kappa shape index (κ2) is 4.61. The topological polar surface area (TPSA) is 67.2 Å². The lowest BCUT2D eigenvalue weighted by Gasteiger charge is -2.26. The number of fused-ring (bicyclic) bond motifs is 2. The molecule has 1 aromatic rings. The van der Waals surface area contributed by atoms with Gasteiger partial charge >= 0.3 is 0 Å². The molecule has 6 heteroatoms. The van der Waals surface area contributed by atoms with E-state index < -0.39 is 0 Å². The molecule has 20 heavy (non-hydrogen) atoms. The molecule has 2 fully saturated rings. The van der Waals surface area contributed by atoms with Crippen molar-refractivity contribution in [2.24, 2.45) is 7.05 Å². The molecular weight excluding hydrogens is 256 g/mol. The van der Waals surface area contributed by atoms with Crippen molar-refractivity contribution in [2.75, 3.05) is 6.54 Å². The van der Waals surface area contributed by atoms with Gasteiger partial charge in [-0.3, -0.25) is 14.3 Å². The van der Waals surface area contributed by atoms with Crippen molar-refractivity contribution in [1.29, 1.82) is 0 Å². The molecule has 0 spiro atoms. The molecule has 2 atom stereocenters. The molecule has 6 nitrogen and oxygen atoms in total.